The van der Waals surface area contributed by atoms with Crippen molar-refractivity contribution in [2.75, 3.05) is 4.90 Å². The van der Waals surface area contributed by atoms with E-state index in [9.17, 15) is 34.3 Å². The van der Waals surface area contributed by atoms with E-state index < -0.39 is 45.7 Å². The minimum absolute atomic E-state index is 0.111. The van der Waals surface area contributed by atoms with Gasteiger partial charge in [0.25, 0.3) is 11.7 Å². The number of carbonyl (C=O) groups is 2. The van der Waals surface area contributed by atoms with Crippen molar-refractivity contribution in [3.05, 3.63) is 105 Å². The molecule has 0 saturated carbocycles. The molecule has 1 aliphatic rings. The number of nitro groups is 1. The molecule has 1 saturated heterocycles. The number of aromatic hydroxyl groups is 1. The number of nitro benzene ring substituents is 1. The molecule has 0 bridgehead atoms. The number of ketones is 1. The van der Waals surface area contributed by atoms with Crippen LogP contribution in [0.15, 0.2) is 72.3 Å². The van der Waals surface area contributed by atoms with Crippen molar-refractivity contribution in [1.82, 2.24) is 0 Å². The quantitative estimate of drug-likeness (QED) is 0.188. The lowest BCUT2D eigenvalue weighted by Gasteiger charge is -2.25. The molecule has 8 nitrogen and oxygen atoms in total. The van der Waals surface area contributed by atoms with Crippen LogP contribution < -0.4 is 4.90 Å². The maximum absolute atomic E-state index is 13.5. The number of phenolic OH excluding ortho intramolecular Hbond substituents is 1. The van der Waals surface area contributed by atoms with Crippen LogP contribution in [0.2, 0.25) is 0 Å². The van der Waals surface area contributed by atoms with E-state index in [-0.39, 0.29) is 22.4 Å². The largest absolute Gasteiger partial charge is 0.507 e. The molecule has 0 aliphatic carbocycles. The molecule has 1 amide bonds. The molecule has 9 heteroatoms. The fraction of sp³-hybridized carbons (Fsp3) is 0.120. The number of aryl methyl sites for hydroxylation is 1. The Hall–Kier alpha value is -4.53. The highest BCUT2D eigenvalue weighted by molar-refractivity contribution is 6.51. The van der Waals surface area contributed by atoms with Crippen molar-refractivity contribution in [3.63, 3.8) is 0 Å². The van der Waals surface area contributed by atoms with Gasteiger partial charge in [-0.3, -0.25) is 24.6 Å². The zero-order valence-electron chi connectivity index (χ0n) is 17.9. The van der Waals surface area contributed by atoms with Crippen molar-refractivity contribution < 1.29 is 29.1 Å². The van der Waals surface area contributed by atoms with Gasteiger partial charge in [0.2, 0.25) is 0 Å². The minimum Gasteiger partial charge on any atom is -0.507 e. The zero-order chi connectivity index (χ0) is 24.6. The monoisotopic (exact) mass is 462 g/mol. The summed E-state index contributed by atoms with van der Waals surface area (Å²) in [7, 11) is 0. The Morgan fingerprint density at radius 1 is 1.06 bits per heavy atom. The van der Waals surface area contributed by atoms with Crippen LogP contribution in [-0.2, 0) is 16.0 Å². The second kappa shape index (κ2) is 8.78. The first-order valence-electron chi connectivity index (χ1n) is 10.4. The van der Waals surface area contributed by atoms with Gasteiger partial charge in [-0.15, -0.1) is 0 Å². The lowest BCUT2D eigenvalue weighted by molar-refractivity contribution is -0.385. The van der Waals surface area contributed by atoms with Crippen LogP contribution in [0.25, 0.3) is 5.76 Å². The summed E-state index contributed by atoms with van der Waals surface area (Å²) in [5.74, 6) is -3.59. The molecule has 1 aliphatic heterocycles. The Morgan fingerprint density at radius 3 is 2.29 bits per heavy atom. The topological polar surface area (TPSA) is 121 Å². The summed E-state index contributed by atoms with van der Waals surface area (Å²) in [6.45, 7) is 1.96. The van der Waals surface area contributed by atoms with Crippen LogP contribution in [-0.4, -0.2) is 26.8 Å². The molecule has 4 rings (SSSR count). The number of benzene rings is 3. The van der Waals surface area contributed by atoms with Gasteiger partial charge in [0, 0.05) is 17.3 Å². The number of hydrogen-bond donors (Lipinski definition) is 2. The van der Waals surface area contributed by atoms with Crippen molar-refractivity contribution >= 4 is 28.8 Å². The van der Waals surface area contributed by atoms with Gasteiger partial charge in [-0.05, 0) is 47.9 Å². The van der Waals surface area contributed by atoms with E-state index >= 15 is 0 Å². The first kappa shape index (κ1) is 22.7. The highest BCUT2D eigenvalue weighted by Gasteiger charge is 2.47. The maximum atomic E-state index is 13.5. The highest BCUT2D eigenvalue weighted by atomic mass is 19.1. The maximum Gasteiger partial charge on any atom is 0.311 e. The van der Waals surface area contributed by atoms with Gasteiger partial charge >= 0.3 is 5.69 Å². The third-order valence-corrected chi connectivity index (χ3v) is 5.70. The SMILES string of the molecule is CCc1ccc(/C(O)=C2/C(=O)C(=O)N(c3ccc(F)cc3)C2c2ccc(O)c([N+](=O)[O-])c2)cc1. The number of nitrogens with zero attached hydrogens (tertiary/aromatic N) is 2. The average molecular weight is 462 g/mol. The molecule has 0 radical (unpaired) electrons. The van der Waals surface area contributed by atoms with Crippen LogP contribution in [0.4, 0.5) is 15.8 Å². The summed E-state index contributed by atoms with van der Waals surface area (Å²) in [5.41, 5.74) is 0.638. The third-order valence-electron chi connectivity index (χ3n) is 5.70. The molecule has 0 spiro atoms. The molecule has 1 heterocycles. The molecule has 3 aromatic rings. The molecule has 0 aromatic heterocycles. The lowest BCUT2D eigenvalue weighted by atomic mass is 9.94. The number of carbonyl (C=O) groups excluding carboxylic acids is 2. The normalized spacial score (nSPS) is 17.2. The summed E-state index contributed by atoms with van der Waals surface area (Å²) in [6.07, 6.45) is 0.757. The molecule has 2 N–H and O–H groups in total. The smallest absolute Gasteiger partial charge is 0.311 e. The minimum atomic E-state index is -1.25. The highest BCUT2D eigenvalue weighted by Crippen LogP contribution is 2.43. The second-order valence-corrected chi connectivity index (χ2v) is 7.70. The van der Waals surface area contributed by atoms with Gasteiger partial charge in [-0.25, -0.2) is 4.39 Å². The van der Waals surface area contributed by atoms with Crippen LogP contribution in [0, 0.1) is 15.9 Å². The van der Waals surface area contributed by atoms with Gasteiger partial charge in [0.05, 0.1) is 16.5 Å². The van der Waals surface area contributed by atoms with E-state index in [1.807, 2.05) is 6.92 Å². The van der Waals surface area contributed by atoms with Gasteiger partial charge in [0.1, 0.15) is 11.6 Å². The summed E-state index contributed by atoms with van der Waals surface area (Å²) in [5, 5.41) is 32.4. The Kier molecular flexibility index (Phi) is 5.85. The number of amides is 1. The van der Waals surface area contributed by atoms with Crippen molar-refractivity contribution in [2.24, 2.45) is 0 Å². The van der Waals surface area contributed by atoms with Crippen LogP contribution in [0.3, 0.4) is 0 Å². The standard InChI is InChI=1S/C25H19FN2O6/c1-2-14-3-5-15(6-4-14)23(30)21-22(16-7-12-20(29)19(13-16)28(33)34)27(25(32)24(21)31)18-10-8-17(26)9-11-18/h3-13,22,29-30H,2H2,1H3/b23-21-. The van der Waals surface area contributed by atoms with Crippen LogP contribution in [0.1, 0.15) is 29.7 Å². The van der Waals surface area contributed by atoms with E-state index in [4.69, 9.17) is 0 Å². The molecule has 1 unspecified atom stereocenters. The van der Waals surface area contributed by atoms with E-state index in [0.29, 0.717) is 0 Å². The van der Waals surface area contributed by atoms with E-state index in [2.05, 4.69) is 0 Å². The van der Waals surface area contributed by atoms with Crippen LogP contribution in [0.5, 0.6) is 5.75 Å². The summed E-state index contributed by atoms with van der Waals surface area (Å²) in [6, 6.07) is 13.7. The molecule has 172 valence electrons. The van der Waals surface area contributed by atoms with Gasteiger partial charge in [-0.1, -0.05) is 37.3 Å². The predicted molar refractivity (Wildman–Crippen MR) is 122 cm³/mol. The second-order valence-electron chi connectivity index (χ2n) is 7.70. The van der Waals surface area contributed by atoms with Gasteiger partial charge in [-0.2, -0.15) is 0 Å². The lowest BCUT2D eigenvalue weighted by Crippen LogP contribution is -2.29. The Morgan fingerprint density at radius 2 is 1.71 bits per heavy atom. The molecular weight excluding hydrogens is 443 g/mol. The number of rotatable bonds is 5. The summed E-state index contributed by atoms with van der Waals surface area (Å²) < 4.78 is 13.5. The average Bonchev–Trinajstić information content (AvgIpc) is 3.10. The number of halogens is 1. The first-order valence-corrected chi connectivity index (χ1v) is 10.4. The van der Waals surface area contributed by atoms with Crippen molar-refractivity contribution in [3.8, 4) is 5.75 Å². The predicted octanol–water partition coefficient (Wildman–Crippen LogP) is 4.63. The van der Waals surface area contributed by atoms with Gasteiger partial charge in [0.15, 0.2) is 5.75 Å². The third kappa shape index (κ3) is 3.88. The number of phenols is 1. The van der Waals surface area contributed by atoms with E-state index in [0.717, 1.165) is 41.1 Å². The Bertz CT molecular complexity index is 1330. The number of aliphatic hydroxyl groups excluding tert-OH is 1. The fourth-order valence-electron chi connectivity index (χ4n) is 3.93. The van der Waals surface area contributed by atoms with Crippen molar-refractivity contribution in [2.45, 2.75) is 19.4 Å². The van der Waals surface area contributed by atoms with Crippen LogP contribution >= 0.6 is 0 Å². The molecule has 1 atom stereocenters. The molecule has 1 fully saturated rings. The summed E-state index contributed by atoms with van der Waals surface area (Å²) in [4.78, 5) is 37.8. The van der Waals surface area contributed by atoms with Gasteiger partial charge < -0.3 is 10.2 Å². The molecular formula is C25H19FN2O6. The first-order chi connectivity index (χ1) is 16.2. The van der Waals surface area contributed by atoms with E-state index in [1.54, 1.807) is 24.3 Å². The molecule has 34 heavy (non-hydrogen) atoms. The number of Topliss-reactive ketones (excluding diaryl/α,β-unsaturated/α-hetero) is 1. The van der Waals surface area contributed by atoms with E-state index in [1.165, 1.54) is 18.2 Å². The van der Waals surface area contributed by atoms with Crippen molar-refractivity contribution in [1.29, 1.82) is 0 Å². The Balaban J connectivity index is 1.96. The number of aliphatic hydroxyl groups is 1. The molecule has 3 aromatic carbocycles. The number of anilines is 1. The fourth-order valence-corrected chi connectivity index (χ4v) is 3.93. The zero-order valence-corrected chi connectivity index (χ0v) is 17.9. The Labute approximate surface area is 193 Å². The number of hydrogen-bond acceptors (Lipinski definition) is 6. The summed E-state index contributed by atoms with van der Waals surface area (Å²) >= 11 is 0.